The number of benzene rings is 2. The van der Waals surface area contributed by atoms with Crippen LogP contribution in [0.3, 0.4) is 0 Å². The highest BCUT2D eigenvalue weighted by Crippen LogP contribution is 2.30. The quantitative estimate of drug-likeness (QED) is 0.753. The highest BCUT2D eigenvalue weighted by Gasteiger charge is 2.16. The molecule has 0 bridgehead atoms. The fraction of sp³-hybridized carbons (Fsp3) is 0.190. The Labute approximate surface area is 152 Å². The molecule has 5 heteroatoms. The maximum atomic E-state index is 9.37. The number of aliphatic imine (C=N–C) groups is 1. The summed E-state index contributed by atoms with van der Waals surface area (Å²) in [6, 6.07) is 14.1. The van der Waals surface area contributed by atoms with Crippen LogP contribution in [0.25, 0.3) is 22.0 Å². The lowest BCUT2D eigenvalue weighted by Crippen LogP contribution is -2.09. The van der Waals surface area contributed by atoms with E-state index in [0.717, 1.165) is 45.7 Å². The predicted molar refractivity (Wildman–Crippen MR) is 105 cm³/mol. The van der Waals surface area contributed by atoms with Crippen molar-refractivity contribution in [3.05, 3.63) is 66.1 Å². The van der Waals surface area contributed by atoms with E-state index in [9.17, 15) is 5.11 Å². The van der Waals surface area contributed by atoms with Gasteiger partial charge < -0.3 is 10.4 Å². The zero-order chi connectivity index (χ0) is 17.9. The Bertz CT molecular complexity index is 1010. The summed E-state index contributed by atoms with van der Waals surface area (Å²) in [4.78, 5) is 13.7. The first kappa shape index (κ1) is 16.4. The van der Waals surface area contributed by atoms with E-state index in [1.807, 2.05) is 55.9 Å². The number of anilines is 1. The molecule has 26 heavy (non-hydrogen) atoms. The third kappa shape index (κ3) is 3.09. The number of allylic oxidation sites excluding steroid dienone is 1. The van der Waals surface area contributed by atoms with Crippen LogP contribution in [0.4, 0.5) is 5.82 Å². The Morgan fingerprint density at radius 2 is 2.00 bits per heavy atom. The first-order chi connectivity index (χ1) is 12.8. The molecule has 1 aliphatic heterocycles. The highest BCUT2D eigenvalue weighted by atomic mass is 16.3. The van der Waals surface area contributed by atoms with Crippen LogP contribution in [0.2, 0.25) is 0 Å². The zero-order valence-electron chi connectivity index (χ0n) is 14.6. The number of aromatic nitrogens is 2. The zero-order valence-corrected chi connectivity index (χ0v) is 14.6. The monoisotopic (exact) mass is 344 g/mol. The van der Waals surface area contributed by atoms with E-state index in [-0.39, 0.29) is 12.5 Å². The molecule has 0 amide bonds. The van der Waals surface area contributed by atoms with Gasteiger partial charge in [0.1, 0.15) is 11.6 Å². The van der Waals surface area contributed by atoms with E-state index in [4.69, 9.17) is 9.97 Å². The summed E-state index contributed by atoms with van der Waals surface area (Å²) in [5.41, 5.74) is 3.94. The van der Waals surface area contributed by atoms with Crippen LogP contribution in [0, 0.1) is 0 Å². The molecule has 0 saturated carbocycles. The number of fused-ring (bicyclic) bond motifs is 1. The van der Waals surface area contributed by atoms with E-state index in [2.05, 4.69) is 22.4 Å². The van der Waals surface area contributed by atoms with Crippen molar-refractivity contribution in [1.29, 1.82) is 0 Å². The second-order valence-corrected chi connectivity index (χ2v) is 6.30. The number of nitrogens with one attached hydrogen (secondary N) is 1. The Hall–Kier alpha value is -3.05. The molecule has 2 aromatic carbocycles. The molecule has 1 aliphatic rings. The number of nitrogens with zero attached hydrogens (tertiary/aromatic N) is 3. The third-order valence-corrected chi connectivity index (χ3v) is 4.57. The number of rotatable bonds is 4. The Kier molecular flexibility index (Phi) is 4.46. The lowest BCUT2D eigenvalue weighted by molar-refractivity contribution is 0.282. The molecule has 3 aromatic rings. The van der Waals surface area contributed by atoms with E-state index in [1.165, 1.54) is 0 Å². The summed E-state index contributed by atoms with van der Waals surface area (Å²) in [7, 11) is 1.87. The fourth-order valence-electron chi connectivity index (χ4n) is 3.19. The molecule has 4 rings (SSSR count). The van der Waals surface area contributed by atoms with Gasteiger partial charge in [0.15, 0.2) is 0 Å². The van der Waals surface area contributed by atoms with Crippen LogP contribution in [0.1, 0.15) is 23.7 Å². The summed E-state index contributed by atoms with van der Waals surface area (Å²) in [6.45, 7) is 0.0348. The first-order valence-electron chi connectivity index (χ1n) is 8.66. The maximum absolute atomic E-state index is 9.37. The van der Waals surface area contributed by atoms with Crippen molar-refractivity contribution in [1.82, 2.24) is 9.97 Å². The van der Waals surface area contributed by atoms with Gasteiger partial charge >= 0.3 is 0 Å². The van der Waals surface area contributed by atoms with Gasteiger partial charge in [0.25, 0.3) is 0 Å². The van der Waals surface area contributed by atoms with E-state index in [1.54, 1.807) is 0 Å². The Balaban J connectivity index is 1.80. The standard InChI is InChI=1S/C21H20N4O/c1-22-21-18-11-16(15-5-2-4-14(10-15)13-26)7-8-19(18)24-20(25-21)17-6-3-9-23-12-17/h2-5,7-12,17,26H,6,13H2,1H3,(H,22,24,25). The SMILES string of the molecule is CNc1nc(C2C=NC=CC2)nc2ccc(-c3cccc(CO)c3)cc12. The lowest BCUT2D eigenvalue weighted by atomic mass is 10.0. The molecule has 2 heterocycles. The van der Waals surface area contributed by atoms with Gasteiger partial charge in [0.2, 0.25) is 0 Å². The number of aliphatic hydroxyl groups excluding tert-OH is 1. The largest absolute Gasteiger partial charge is 0.392 e. The summed E-state index contributed by atoms with van der Waals surface area (Å²) >= 11 is 0. The lowest BCUT2D eigenvalue weighted by Gasteiger charge is -2.14. The normalized spacial score (nSPS) is 16.2. The van der Waals surface area contributed by atoms with Gasteiger partial charge in [0, 0.05) is 24.8 Å². The minimum absolute atomic E-state index is 0.0348. The molecule has 5 nitrogen and oxygen atoms in total. The van der Waals surface area contributed by atoms with Gasteiger partial charge in [0.05, 0.1) is 18.0 Å². The van der Waals surface area contributed by atoms with Crippen LogP contribution in [0.15, 0.2) is 59.7 Å². The molecular weight excluding hydrogens is 324 g/mol. The second-order valence-electron chi connectivity index (χ2n) is 6.30. The predicted octanol–water partition coefficient (Wildman–Crippen LogP) is 3.90. The molecule has 0 aliphatic carbocycles. The summed E-state index contributed by atoms with van der Waals surface area (Å²) in [6.07, 6.45) is 6.61. The van der Waals surface area contributed by atoms with Gasteiger partial charge in [-0.05, 0) is 41.3 Å². The molecule has 0 spiro atoms. The average molecular weight is 344 g/mol. The van der Waals surface area contributed by atoms with Crippen molar-refractivity contribution in [3.8, 4) is 11.1 Å². The van der Waals surface area contributed by atoms with Gasteiger partial charge in [-0.3, -0.25) is 4.99 Å². The summed E-state index contributed by atoms with van der Waals surface area (Å²) in [5.74, 6) is 1.70. The molecule has 2 N–H and O–H groups in total. The molecule has 130 valence electrons. The van der Waals surface area contributed by atoms with Crippen molar-refractivity contribution in [2.24, 2.45) is 4.99 Å². The molecule has 0 fully saturated rings. The van der Waals surface area contributed by atoms with Crippen molar-refractivity contribution in [2.45, 2.75) is 18.9 Å². The molecule has 1 atom stereocenters. The van der Waals surface area contributed by atoms with Crippen LogP contribution in [-0.4, -0.2) is 28.3 Å². The summed E-state index contributed by atoms with van der Waals surface area (Å²) in [5, 5.41) is 13.5. The fourth-order valence-corrected chi connectivity index (χ4v) is 3.19. The number of hydrogen-bond acceptors (Lipinski definition) is 5. The van der Waals surface area contributed by atoms with Gasteiger partial charge in [-0.15, -0.1) is 0 Å². The Morgan fingerprint density at radius 1 is 1.12 bits per heavy atom. The second kappa shape index (κ2) is 7.06. The molecule has 1 aromatic heterocycles. The maximum Gasteiger partial charge on any atom is 0.140 e. The van der Waals surface area contributed by atoms with Gasteiger partial charge in [-0.2, -0.15) is 0 Å². The minimum Gasteiger partial charge on any atom is -0.392 e. The van der Waals surface area contributed by atoms with Gasteiger partial charge in [-0.25, -0.2) is 9.97 Å². The average Bonchev–Trinajstić information content (AvgIpc) is 2.73. The van der Waals surface area contributed by atoms with Crippen molar-refractivity contribution < 1.29 is 5.11 Å². The highest BCUT2D eigenvalue weighted by molar-refractivity contribution is 5.93. The number of aliphatic hydroxyl groups is 1. The van der Waals surface area contributed by atoms with E-state index in [0.29, 0.717) is 0 Å². The van der Waals surface area contributed by atoms with Crippen LogP contribution >= 0.6 is 0 Å². The van der Waals surface area contributed by atoms with Crippen LogP contribution in [0.5, 0.6) is 0 Å². The van der Waals surface area contributed by atoms with Crippen LogP contribution in [-0.2, 0) is 6.61 Å². The smallest absolute Gasteiger partial charge is 0.140 e. The first-order valence-corrected chi connectivity index (χ1v) is 8.66. The van der Waals surface area contributed by atoms with Crippen LogP contribution < -0.4 is 5.32 Å². The van der Waals surface area contributed by atoms with Crippen molar-refractivity contribution in [3.63, 3.8) is 0 Å². The number of hydrogen-bond donors (Lipinski definition) is 2. The minimum atomic E-state index is 0.0348. The van der Waals surface area contributed by atoms with Crippen molar-refractivity contribution in [2.75, 3.05) is 12.4 Å². The van der Waals surface area contributed by atoms with E-state index >= 15 is 0 Å². The van der Waals surface area contributed by atoms with Gasteiger partial charge in [-0.1, -0.05) is 30.3 Å². The van der Waals surface area contributed by atoms with Crippen molar-refractivity contribution >= 4 is 22.9 Å². The van der Waals surface area contributed by atoms with E-state index < -0.39 is 0 Å². The molecular formula is C21H20N4O. The Morgan fingerprint density at radius 3 is 2.77 bits per heavy atom. The molecule has 0 saturated heterocycles. The molecule has 0 radical (unpaired) electrons. The molecule has 1 unspecified atom stereocenters. The topological polar surface area (TPSA) is 70.4 Å². The third-order valence-electron chi connectivity index (χ3n) is 4.57. The summed E-state index contributed by atoms with van der Waals surface area (Å²) < 4.78 is 0.